The Kier molecular flexibility index (Phi) is 3.35. The lowest BCUT2D eigenvalue weighted by Crippen LogP contribution is -2.25. The van der Waals surface area contributed by atoms with Crippen LogP contribution < -0.4 is 5.32 Å². The van der Waals surface area contributed by atoms with Crippen molar-refractivity contribution in [3.05, 3.63) is 38.4 Å². The van der Waals surface area contributed by atoms with E-state index >= 15 is 0 Å². The smallest absolute Gasteiger partial charge is 0.252 e. The number of hydrogen-bond donors (Lipinski definition) is 1. The molecule has 3 nitrogen and oxygen atoms in total. The molecule has 1 aromatic carbocycles. The number of carbonyl (C=O) groups excluding carboxylic acids is 1. The lowest BCUT2D eigenvalue weighted by atomic mass is 10.1. The van der Waals surface area contributed by atoms with Gasteiger partial charge in [-0.15, -0.1) is 0 Å². The molecule has 1 fully saturated rings. The lowest BCUT2D eigenvalue weighted by Gasteiger charge is -2.10. The number of aromatic nitrogens is 1. The largest absolute Gasteiger partial charge is 0.349 e. The highest BCUT2D eigenvalue weighted by atomic mass is 79.9. The highest BCUT2D eigenvalue weighted by Crippen LogP contribution is 2.30. The quantitative estimate of drug-likeness (QED) is 0.852. The summed E-state index contributed by atoms with van der Waals surface area (Å²) in [6.45, 7) is 1.90. The van der Waals surface area contributed by atoms with Crippen LogP contribution in [0.5, 0.6) is 0 Å². The van der Waals surface area contributed by atoms with E-state index in [1.807, 2.05) is 25.1 Å². The fourth-order valence-corrected chi connectivity index (χ4v) is 3.37. The summed E-state index contributed by atoms with van der Waals surface area (Å²) in [6.07, 6.45) is 2.17. The van der Waals surface area contributed by atoms with Crippen LogP contribution >= 0.6 is 31.9 Å². The summed E-state index contributed by atoms with van der Waals surface area (Å²) in [7, 11) is 0. The highest BCUT2D eigenvalue weighted by molar-refractivity contribution is 9.11. The normalized spacial score (nSPS) is 14.7. The molecule has 1 amide bonds. The molecule has 3 rings (SSSR count). The van der Waals surface area contributed by atoms with Gasteiger partial charge in [0, 0.05) is 26.1 Å². The number of carbonyl (C=O) groups is 1. The first-order chi connectivity index (χ1) is 9.04. The van der Waals surface area contributed by atoms with Crippen LogP contribution in [0.15, 0.2) is 27.1 Å². The summed E-state index contributed by atoms with van der Waals surface area (Å²) in [6, 6.07) is 6.08. The number of hydrogen-bond acceptors (Lipinski definition) is 2. The van der Waals surface area contributed by atoms with Crippen LogP contribution in [0.4, 0.5) is 0 Å². The second kappa shape index (κ2) is 4.87. The number of fused-ring (bicyclic) bond motifs is 1. The highest BCUT2D eigenvalue weighted by Gasteiger charge is 2.25. The molecule has 0 saturated heterocycles. The van der Waals surface area contributed by atoms with Gasteiger partial charge < -0.3 is 5.32 Å². The van der Waals surface area contributed by atoms with Crippen LogP contribution in [0.1, 0.15) is 28.9 Å². The summed E-state index contributed by atoms with van der Waals surface area (Å²) in [5.41, 5.74) is 2.36. The van der Waals surface area contributed by atoms with Crippen molar-refractivity contribution < 1.29 is 4.79 Å². The van der Waals surface area contributed by atoms with E-state index < -0.39 is 0 Å². The van der Waals surface area contributed by atoms with Gasteiger partial charge in [-0.2, -0.15) is 0 Å². The average molecular weight is 384 g/mol. The van der Waals surface area contributed by atoms with Crippen LogP contribution in [0.25, 0.3) is 10.9 Å². The topological polar surface area (TPSA) is 42.0 Å². The molecule has 1 saturated carbocycles. The maximum Gasteiger partial charge on any atom is 0.252 e. The van der Waals surface area contributed by atoms with Gasteiger partial charge in [-0.3, -0.25) is 9.78 Å². The molecule has 2 aromatic rings. The predicted molar refractivity (Wildman–Crippen MR) is 82.4 cm³/mol. The predicted octanol–water partition coefficient (Wildman–Crippen LogP) is 3.96. The fourth-order valence-electron chi connectivity index (χ4n) is 2.06. The Morgan fingerprint density at radius 2 is 2.05 bits per heavy atom. The van der Waals surface area contributed by atoms with E-state index in [2.05, 4.69) is 42.2 Å². The number of halogens is 2. The summed E-state index contributed by atoms with van der Waals surface area (Å²) in [4.78, 5) is 16.8. The van der Waals surface area contributed by atoms with Gasteiger partial charge in [0.05, 0.1) is 11.1 Å². The summed E-state index contributed by atoms with van der Waals surface area (Å²) in [5, 5.41) is 3.90. The molecule has 1 aromatic heterocycles. The molecule has 98 valence electrons. The standard InChI is InChI=1S/C14H12Br2N2O/c1-7-4-11(14(19)18-9-2-3-9)10-5-8(15)6-12(16)13(10)17-7/h4-6,9H,2-3H2,1H3,(H,18,19). The van der Waals surface area contributed by atoms with E-state index in [1.54, 1.807) is 0 Å². The van der Waals surface area contributed by atoms with E-state index in [-0.39, 0.29) is 5.91 Å². The van der Waals surface area contributed by atoms with Gasteiger partial charge in [-0.25, -0.2) is 0 Å². The number of nitrogens with zero attached hydrogens (tertiary/aromatic N) is 1. The van der Waals surface area contributed by atoms with Crippen LogP contribution in [-0.4, -0.2) is 16.9 Å². The first kappa shape index (κ1) is 13.1. The van der Waals surface area contributed by atoms with Crippen LogP contribution in [0.2, 0.25) is 0 Å². The van der Waals surface area contributed by atoms with E-state index in [0.717, 1.165) is 38.4 Å². The van der Waals surface area contributed by atoms with Crippen LogP contribution in [-0.2, 0) is 0 Å². The zero-order valence-corrected chi connectivity index (χ0v) is 13.5. The number of pyridine rings is 1. The van der Waals surface area contributed by atoms with Crippen molar-refractivity contribution in [2.75, 3.05) is 0 Å². The molecular weight excluding hydrogens is 372 g/mol. The van der Waals surface area contributed by atoms with Crippen molar-refractivity contribution in [3.8, 4) is 0 Å². The maximum atomic E-state index is 12.3. The Balaban J connectivity index is 2.18. The van der Waals surface area contributed by atoms with E-state index in [4.69, 9.17) is 0 Å². The number of rotatable bonds is 2. The van der Waals surface area contributed by atoms with Gasteiger partial charge in [-0.05, 0) is 53.9 Å². The third-order valence-corrected chi connectivity index (χ3v) is 4.18. The zero-order chi connectivity index (χ0) is 13.6. The number of benzene rings is 1. The second-order valence-electron chi connectivity index (χ2n) is 4.84. The molecule has 5 heteroatoms. The minimum Gasteiger partial charge on any atom is -0.349 e. The van der Waals surface area contributed by atoms with Gasteiger partial charge in [0.25, 0.3) is 5.91 Å². The monoisotopic (exact) mass is 382 g/mol. The minimum absolute atomic E-state index is 0.0111. The van der Waals surface area contributed by atoms with Crippen molar-refractivity contribution in [3.63, 3.8) is 0 Å². The van der Waals surface area contributed by atoms with Gasteiger partial charge in [-0.1, -0.05) is 15.9 Å². The zero-order valence-electron chi connectivity index (χ0n) is 10.3. The molecule has 0 spiro atoms. The fraction of sp³-hybridized carbons (Fsp3) is 0.286. The van der Waals surface area contributed by atoms with Gasteiger partial charge in [0.2, 0.25) is 0 Å². The first-order valence-electron chi connectivity index (χ1n) is 6.12. The van der Waals surface area contributed by atoms with Crippen molar-refractivity contribution >= 4 is 48.7 Å². The van der Waals surface area contributed by atoms with Gasteiger partial charge in [0.1, 0.15) is 0 Å². The molecule has 1 heterocycles. The molecule has 0 radical (unpaired) electrons. The number of nitrogens with one attached hydrogen (secondary N) is 1. The summed E-state index contributed by atoms with van der Waals surface area (Å²) < 4.78 is 1.82. The number of amides is 1. The van der Waals surface area contributed by atoms with Gasteiger partial charge in [0.15, 0.2) is 0 Å². The molecular formula is C14H12Br2N2O. The van der Waals surface area contributed by atoms with E-state index in [9.17, 15) is 4.79 Å². The molecule has 0 bridgehead atoms. The molecule has 0 aliphatic heterocycles. The Bertz CT molecular complexity index is 681. The third kappa shape index (κ3) is 2.67. The van der Waals surface area contributed by atoms with Crippen molar-refractivity contribution in [1.29, 1.82) is 0 Å². The second-order valence-corrected chi connectivity index (χ2v) is 6.61. The van der Waals surface area contributed by atoms with Crippen LogP contribution in [0, 0.1) is 6.92 Å². The Morgan fingerprint density at radius 1 is 1.32 bits per heavy atom. The lowest BCUT2D eigenvalue weighted by molar-refractivity contribution is 0.0952. The molecule has 0 atom stereocenters. The van der Waals surface area contributed by atoms with Crippen molar-refractivity contribution in [2.45, 2.75) is 25.8 Å². The Morgan fingerprint density at radius 3 is 2.74 bits per heavy atom. The van der Waals surface area contributed by atoms with E-state index in [1.165, 1.54) is 0 Å². The number of aryl methyl sites for hydroxylation is 1. The first-order valence-corrected chi connectivity index (χ1v) is 7.70. The van der Waals surface area contributed by atoms with Crippen molar-refractivity contribution in [1.82, 2.24) is 10.3 Å². The molecule has 19 heavy (non-hydrogen) atoms. The molecule has 1 aliphatic carbocycles. The van der Waals surface area contributed by atoms with E-state index in [0.29, 0.717) is 11.6 Å². The Labute approximate surface area is 128 Å². The summed E-state index contributed by atoms with van der Waals surface area (Å²) in [5.74, 6) is -0.0111. The SMILES string of the molecule is Cc1cc(C(=O)NC2CC2)c2cc(Br)cc(Br)c2n1. The summed E-state index contributed by atoms with van der Waals surface area (Å²) >= 11 is 6.96. The third-order valence-electron chi connectivity index (χ3n) is 3.12. The molecule has 1 aliphatic rings. The minimum atomic E-state index is -0.0111. The maximum absolute atomic E-state index is 12.3. The van der Waals surface area contributed by atoms with Gasteiger partial charge >= 0.3 is 0 Å². The average Bonchev–Trinajstić information content (AvgIpc) is 3.13. The van der Waals surface area contributed by atoms with Crippen molar-refractivity contribution in [2.24, 2.45) is 0 Å². The Hall–Kier alpha value is -0.940. The molecule has 1 N–H and O–H groups in total. The van der Waals surface area contributed by atoms with Crippen LogP contribution in [0.3, 0.4) is 0 Å². The molecule has 0 unspecified atom stereocenters.